The van der Waals surface area contributed by atoms with Gasteiger partial charge in [0, 0.05) is 0 Å². The van der Waals surface area contributed by atoms with Crippen LogP contribution in [-0.2, 0) is 39.0 Å². The third kappa shape index (κ3) is 6.96. The topological polar surface area (TPSA) is 58.2 Å². The molecule has 0 radical (unpaired) electrons. The van der Waals surface area contributed by atoms with Crippen molar-refractivity contribution in [1.82, 2.24) is 10.6 Å². The molecule has 15 heteroatoms. The van der Waals surface area contributed by atoms with Crippen LogP contribution in [0.1, 0.15) is 24.0 Å². The number of nitrogens with one attached hydrogen (secondary N) is 2. The van der Waals surface area contributed by atoms with Gasteiger partial charge in [0.25, 0.3) is 0 Å². The fraction of sp³-hybridized carbons (Fsp3) is 0.267. The van der Waals surface area contributed by atoms with E-state index in [1.807, 2.05) is 0 Å². The first-order chi connectivity index (χ1) is 21.1. The van der Waals surface area contributed by atoms with E-state index in [0.29, 0.717) is 7.76 Å². The Morgan fingerprint density at radius 3 is 1.33 bits per heavy atom. The van der Waals surface area contributed by atoms with Crippen LogP contribution in [-0.4, -0.2) is 37.3 Å². The maximum absolute atomic E-state index is 16.5. The van der Waals surface area contributed by atoms with Crippen LogP contribution in [0, 0.1) is 23.3 Å². The third-order valence-corrected chi connectivity index (χ3v) is 15.4. The molecule has 0 saturated heterocycles. The second-order valence-electron chi connectivity index (χ2n) is 10.2. The third-order valence-electron chi connectivity index (χ3n) is 7.47. The Hall–Kier alpha value is -3.65. The van der Waals surface area contributed by atoms with Crippen molar-refractivity contribution in [3.05, 3.63) is 103 Å². The standard InChI is InChI=1S/2C10H7F5NO.2C5H5.Ti/c2*11-7-2-1-6(8(12)5-7)3-4-16-9(17)10(13,14)15;2*1-2-4-5-3-1;/h2*1-2H,3-4H2,(H,16,17);2*1-3H,4H2;. The Balaban J connectivity index is 1.89. The molecule has 45 heavy (non-hydrogen) atoms. The van der Waals surface area contributed by atoms with Crippen molar-refractivity contribution in [2.45, 2.75) is 38.0 Å². The summed E-state index contributed by atoms with van der Waals surface area (Å²) in [7, 11) is 0. The molecule has 0 bridgehead atoms. The predicted molar refractivity (Wildman–Crippen MR) is 141 cm³/mol. The number of rotatable bonds is 10. The van der Waals surface area contributed by atoms with Gasteiger partial charge in [-0.15, -0.1) is 0 Å². The summed E-state index contributed by atoms with van der Waals surface area (Å²) in [6.07, 6.45) is -1.95. The first-order valence-electron chi connectivity index (χ1n) is 13.5. The minimum absolute atomic E-state index is 0.0623. The molecule has 2 aromatic rings. The molecule has 4 nitrogen and oxygen atoms in total. The first-order valence-corrected chi connectivity index (χ1v) is 16.6. The summed E-state index contributed by atoms with van der Waals surface area (Å²) in [5, 5.41) is 3.21. The average Bonchev–Trinajstić information content (AvgIpc) is 3.69. The summed E-state index contributed by atoms with van der Waals surface area (Å²) in [5.74, 6) is -9.32. The summed E-state index contributed by atoms with van der Waals surface area (Å²) < 4.78 is 140. The SMILES string of the molecule is O=C(NCCc1ccc(F)[c]([Ti]([C]2=CC=CC2)([C]2=CC=CC2)[c]2c(F)ccc(CCNC(=O)C(F)(F)F)c2F)c1F)C(F)(F)F. The van der Waals surface area contributed by atoms with Gasteiger partial charge in [-0.2, -0.15) is 0 Å². The number of carbonyl (C=O) groups excluding carboxylic acids is 2. The van der Waals surface area contributed by atoms with Crippen molar-refractivity contribution in [3.63, 3.8) is 0 Å². The van der Waals surface area contributed by atoms with Crippen LogP contribution in [0.15, 0.2) is 68.5 Å². The van der Waals surface area contributed by atoms with Gasteiger partial charge in [0.05, 0.1) is 0 Å². The van der Waals surface area contributed by atoms with E-state index in [2.05, 4.69) is 0 Å². The van der Waals surface area contributed by atoms with E-state index in [9.17, 15) is 35.9 Å². The number of benzene rings is 2. The molecule has 240 valence electrons. The van der Waals surface area contributed by atoms with Gasteiger partial charge in [0.15, 0.2) is 0 Å². The first kappa shape index (κ1) is 34.2. The monoisotopic (exact) mass is 682 g/mol. The van der Waals surface area contributed by atoms with E-state index in [1.54, 1.807) is 34.9 Å². The van der Waals surface area contributed by atoms with Gasteiger partial charge in [-0.05, 0) is 0 Å². The molecule has 0 aromatic heterocycles. The van der Waals surface area contributed by atoms with Crippen molar-refractivity contribution in [2.75, 3.05) is 13.1 Å². The van der Waals surface area contributed by atoms with E-state index < -0.39 is 97.7 Å². The van der Waals surface area contributed by atoms with Crippen LogP contribution < -0.4 is 18.4 Å². The van der Waals surface area contributed by atoms with Gasteiger partial charge in [0.2, 0.25) is 0 Å². The molecule has 0 atom stereocenters. The van der Waals surface area contributed by atoms with E-state index in [1.165, 1.54) is 12.2 Å². The summed E-state index contributed by atoms with van der Waals surface area (Å²) in [5.41, 5.74) is -0.623. The Bertz CT molecular complexity index is 1500. The predicted octanol–water partition coefficient (Wildman–Crippen LogP) is 5.48. The normalized spacial score (nSPS) is 14.9. The number of allylic oxidation sites excluding steroid dienone is 8. The molecule has 0 heterocycles. The number of halogens is 10. The minimum atomic E-state index is -5.33. The summed E-state index contributed by atoms with van der Waals surface area (Å²) in [6.45, 7) is -1.37. The summed E-state index contributed by atoms with van der Waals surface area (Å²) >= 11 is -5.33. The summed E-state index contributed by atoms with van der Waals surface area (Å²) in [4.78, 5) is 22.5. The number of alkyl halides is 6. The fourth-order valence-corrected chi connectivity index (χ4v) is 13.9. The van der Waals surface area contributed by atoms with Gasteiger partial charge in [-0.25, -0.2) is 0 Å². The molecular formula is C30H24F10N2O2Ti. The van der Waals surface area contributed by atoms with E-state index in [4.69, 9.17) is 0 Å². The van der Waals surface area contributed by atoms with Crippen LogP contribution in [0.4, 0.5) is 43.9 Å². The molecule has 2 amide bonds. The van der Waals surface area contributed by atoms with E-state index in [-0.39, 0.29) is 24.0 Å². The molecule has 0 saturated carbocycles. The molecule has 0 fully saturated rings. The van der Waals surface area contributed by atoms with E-state index >= 15 is 17.6 Å². The molecule has 2 aromatic carbocycles. The van der Waals surface area contributed by atoms with Gasteiger partial charge in [-0.3, -0.25) is 0 Å². The second kappa shape index (κ2) is 13.4. The quantitative estimate of drug-likeness (QED) is 0.258. The van der Waals surface area contributed by atoms with Crippen LogP contribution in [0.3, 0.4) is 0 Å². The van der Waals surface area contributed by atoms with Gasteiger partial charge < -0.3 is 0 Å². The van der Waals surface area contributed by atoms with Crippen LogP contribution in [0.25, 0.3) is 0 Å². The van der Waals surface area contributed by atoms with Crippen molar-refractivity contribution < 1.29 is 70.1 Å². The van der Waals surface area contributed by atoms with Crippen molar-refractivity contribution in [3.8, 4) is 0 Å². The second-order valence-corrected chi connectivity index (χ2v) is 16.1. The van der Waals surface area contributed by atoms with Gasteiger partial charge in [-0.1, -0.05) is 0 Å². The number of amides is 2. The average molecular weight is 682 g/mol. The number of hydrogen-bond donors (Lipinski definition) is 2. The molecule has 0 spiro atoms. The Morgan fingerprint density at radius 1 is 0.644 bits per heavy atom. The van der Waals surface area contributed by atoms with Crippen molar-refractivity contribution in [2.24, 2.45) is 0 Å². The zero-order valence-electron chi connectivity index (χ0n) is 23.1. The zero-order valence-corrected chi connectivity index (χ0v) is 24.7. The fourth-order valence-electron chi connectivity index (χ4n) is 5.51. The van der Waals surface area contributed by atoms with Crippen molar-refractivity contribution in [1.29, 1.82) is 0 Å². The van der Waals surface area contributed by atoms with Crippen molar-refractivity contribution >= 4 is 19.6 Å². The van der Waals surface area contributed by atoms with Gasteiger partial charge in [0.1, 0.15) is 0 Å². The Labute approximate surface area is 253 Å². The molecule has 2 N–H and O–H groups in total. The molecular weight excluding hydrogens is 658 g/mol. The molecule has 2 aliphatic rings. The Kier molecular flexibility index (Phi) is 10.2. The van der Waals surface area contributed by atoms with Crippen LogP contribution in [0.5, 0.6) is 0 Å². The van der Waals surface area contributed by atoms with E-state index in [0.717, 1.165) is 24.3 Å². The maximum atomic E-state index is 16.5. The molecule has 4 rings (SSSR count). The number of hydrogen-bond acceptors (Lipinski definition) is 2. The summed E-state index contributed by atoms with van der Waals surface area (Å²) in [6, 6.07) is 3.63. The van der Waals surface area contributed by atoms with Crippen LogP contribution >= 0.6 is 0 Å². The zero-order chi connectivity index (χ0) is 33.2. The molecule has 0 aliphatic heterocycles. The van der Waals surface area contributed by atoms with Gasteiger partial charge >= 0.3 is 254 Å². The molecule has 0 unspecified atom stereocenters. The Morgan fingerprint density at radius 2 is 1.02 bits per heavy atom. The number of carbonyl (C=O) groups is 2. The molecule has 2 aliphatic carbocycles. The van der Waals surface area contributed by atoms with Crippen LogP contribution in [0.2, 0.25) is 0 Å².